The molecule has 7 nitrogen and oxygen atoms in total. The molecule has 1 aromatic carbocycles. The highest BCUT2D eigenvalue weighted by atomic mass is 19.4. The Hall–Kier alpha value is -2.69. The van der Waals surface area contributed by atoms with E-state index in [-0.39, 0.29) is 17.0 Å². The van der Waals surface area contributed by atoms with Crippen molar-refractivity contribution < 1.29 is 28.1 Å². The van der Waals surface area contributed by atoms with Gasteiger partial charge < -0.3 is 19.8 Å². The van der Waals surface area contributed by atoms with Crippen LogP contribution in [0, 0.1) is 6.92 Å². The number of ether oxygens (including phenoxy) is 1. The summed E-state index contributed by atoms with van der Waals surface area (Å²) in [6.07, 6.45) is -6.43. The van der Waals surface area contributed by atoms with E-state index in [2.05, 4.69) is 10.1 Å². The SMILES string of the molecule is Cc1nc2c(N3CCOCC3)cc(-c3ccccc3C(F)(F)F)nn2c1C(O)O. The predicted molar refractivity (Wildman–Crippen MR) is 98.4 cm³/mol. The maximum absolute atomic E-state index is 13.6. The van der Waals surface area contributed by atoms with Crippen LogP contribution in [0.5, 0.6) is 0 Å². The number of aliphatic hydroxyl groups is 2. The molecule has 10 heteroatoms. The lowest BCUT2D eigenvalue weighted by Crippen LogP contribution is -2.36. The van der Waals surface area contributed by atoms with Crippen molar-refractivity contribution in [2.45, 2.75) is 19.4 Å². The zero-order chi connectivity index (χ0) is 20.8. The van der Waals surface area contributed by atoms with Crippen LogP contribution in [0.2, 0.25) is 0 Å². The number of anilines is 1. The third-order valence-electron chi connectivity index (χ3n) is 4.89. The number of fused-ring (bicyclic) bond motifs is 1. The number of imidazole rings is 1. The molecule has 2 aromatic heterocycles. The van der Waals surface area contributed by atoms with E-state index in [0.29, 0.717) is 43.3 Å². The molecule has 1 aliphatic heterocycles. The number of benzene rings is 1. The molecule has 3 heterocycles. The van der Waals surface area contributed by atoms with Crippen molar-refractivity contribution in [3.8, 4) is 11.3 Å². The van der Waals surface area contributed by atoms with Gasteiger partial charge >= 0.3 is 6.18 Å². The quantitative estimate of drug-likeness (QED) is 0.649. The fraction of sp³-hybridized carbons (Fsp3) is 0.368. The monoisotopic (exact) mass is 408 g/mol. The Morgan fingerprint density at radius 1 is 1.14 bits per heavy atom. The summed E-state index contributed by atoms with van der Waals surface area (Å²) in [5.41, 5.74) is 0.408. The molecular formula is C19H19F3N4O3. The standard InChI is InChI=1S/C19H19F3N4O3/c1-11-16(18(27)28)26-17(23-11)15(25-6-8-29-9-7-25)10-14(24-26)12-4-2-3-5-13(12)19(20,21)22/h2-5,10,18,27-28H,6-9H2,1H3. The van der Waals surface area contributed by atoms with Gasteiger partial charge in [-0.1, -0.05) is 18.2 Å². The summed E-state index contributed by atoms with van der Waals surface area (Å²) in [5.74, 6) is 0. The van der Waals surface area contributed by atoms with E-state index in [9.17, 15) is 23.4 Å². The van der Waals surface area contributed by atoms with Crippen molar-refractivity contribution in [1.29, 1.82) is 0 Å². The second kappa shape index (κ2) is 7.29. The molecule has 0 atom stereocenters. The van der Waals surface area contributed by atoms with Crippen molar-refractivity contribution in [2.75, 3.05) is 31.2 Å². The van der Waals surface area contributed by atoms with Crippen molar-refractivity contribution in [1.82, 2.24) is 14.6 Å². The highest BCUT2D eigenvalue weighted by Gasteiger charge is 2.34. The third kappa shape index (κ3) is 3.54. The molecule has 1 aliphatic rings. The van der Waals surface area contributed by atoms with Crippen molar-refractivity contribution >= 4 is 11.3 Å². The zero-order valence-corrected chi connectivity index (χ0v) is 15.5. The molecule has 0 bridgehead atoms. The molecule has 1 saturated heterocycles. The second-order valence-electron chi connectivity index (χ2n) is 6.75. The van der Waals surface area contributed by atoms with E-state index < -0.39 is 18.0 Å². The van der Waals surface area contributed by atoms with Crippen LogP contribution in [0.15, 0.2) is 30.3 Å². The minimum Gasteiger partial charge on any atom is -0.378 e. The lowest BCUT2D eigenvalue weighted by molar-refractivity contribution is -0.137. The fourth-order valence-corrected chi connectivity index (χ4v) is 3.55. The molecule has 4 rings (SSSR count). The maximum Gasteiger partial charge on any atom is 0.417 e. The van der Waals surface area contributed by atoms with E-state index >= 15 is 0 Å². The summed E-state index contributed by atoms with van der Waals surface area (Å²) in [7, 11) is 0. The summed E-state index contributed by atoms with van der Waals surface area (Å²) < 4.78 is 47.3. The molecular weight excluding hydrogens is 389 g/mol. The second-order valence-corrected chi connectivity index (χ2v) is 6.75. The van der Waals surface area contributed by atoms with E-state index in [1.807, 2.05) is 4.90 Å². The van der Waals surface area contributed by atoms with Gasteiger partial charge in [0, 0.05) is 18.7 Å². The Bertz CT molecular complexity index is 1040. The van der Waals surface area contributed by atoms with Gasteiger partial charge in [0.05, 0.1) is 35.9 Å². The first kappa shape index (κ1) is 19.6. The largest absolute Gasteiger partial charge is 0.417 e. The van der Waals surface area contributed by atoms with Gasteiger partial charge in [0.15, 0.2) is 11.9 Å². The Morgan fingerprint density at radius 2 is 1.83 bits per heavy atom. The molecule has 0 spiro atoms. The Balaban J connectivity index is 2.00. The van der Waals surface area contributed by atoms with Crippen LogP contribution < -0.4 is 4.90 Å². The van der Waals surface area contributed by atoms with Crippen molar-refractivity contribution in [3.05, 3.63) is 47.3 Å². The molecule has 29 heavy (non-hydrogen) atoms. The minimum atomic E-state index is -4.56. The smallest absolute Gasteiger partial charge is 0.378 e. The molecule has 0 amide bonds. The lowest BCUT2D eigenvalue weighted by Gasteiger charge is -2.29. The van der Waals surface area contributed by atoms with Crippen molar-refractivity contribution in [2.24, 2.45) is 0 Å². The number of morpholine rings is 1. The van der Waals surface area contributed by atoms with Crippen LogP contribution in [-0.2, 0) is 10.9 Å². The Morgan fingerprint density at radius 3 is 2.48 bits per heavy atom. The maximum atomic E-state index is 13.6. The third-order valence-corrected chi connectivity index (χ3v) is 4.89. The van der Waals surface area contributed by atoms with E-state index in [0.717, 1.165) is 6.07 Å². The summed E-state index contributed by atoms with van der Waals surface area (Å²) in [6.45, 7) is 3.60. The lowest BCUT2D eigenvalue weighted by atomic mass is 10.0. The predicted octanol–water partition coefficient (Wildman–Crippen LogP) is 2.54. The van der Waals surface area contributed by atoms with E-state index in [4.69, 9.17) is 4.74 Å². The van der Waals surface area contributed by atoms with Crippen LogP contribution in [0.25, 0.3) is 16.9 Å². The first-order valence-electron chi connectivity index (χ1n) is 9.03. The van der Waals surface area contributed by atoms with E-state index in [1.54, 1.807) is 13.0 Å². The van der Waals surface area contributed by atoms with Gasteiger partial charge in [-0.25, -0.2) is 9.50 Å². The summed E-state index contributed by atoms with van der Waals surface area (Å²) >= 11 is 0. The summed E-state index contributed by atoms with van der Waals surface area (Å²) in [6, 6.07) is 6.73. The molecule has 0 unspecified atom stereocenters. The van der Waals surface area contributed by atoms with E-state index in [1.165, 1.54) is 22.7 Å². The number of halogens is 3. The van der Waals surface area contributed by atoms with Gasteiger partial charge in [0.2, 0.25) is 0 Å². The van der Waals surface area contributed by atoms with Crippen LogP contribution in [0.1, 0.15) is 23.2 Å². The van der Waals surface area contributed by atoms with Gasteiger partial charge in [-0.3, -0.25) is 0 Å². The van der Waals surface area contributed by atoms with Gasteiger partial charge in [-0.2, -0.15) is 18.3 Å². The first-order chi connectivity index (χ1) is 13.8. The molecule has 0 saturated carbocycles. The van der Waals surface area contributed by atoms with Gasteiger partial charge in [-0.05, 0) is 19.1 Å². The fourth-order valence-electron chi connectivity index (χ4n) is 3.55. The molecule has 2 N–H and O–H groups in total. The van der Waals surface area contributed by atoms with Crippen LogP contribution in [0.4, 0.5) is 18.9 Å². The molecule has 154 valence electrons. The van der Waals surface area contributed by atoms with Crippen molar-refractivity contribution in [3.63, 3.8) is 0 Å². The Kier molecular flexibility index (Phi) is 4.93. The minimum absolute atomic E-state index is 0.0147. The topological polar surface area (TPSA) is 83.1 Å². The summed E-state index contributed by atoms with van der Waals surface area (Å²) in [4.78, 5) is 6.34. The number of aryl methyl sites for hydroxylation is 1. The number of rotatable bonds is 3. The van der Waals surface area contributed by atoms with Crippen LogP contribution in [-0.4, -0.2) is 51.1 Å². The average Bonchev–Trinajstić information content (AvgIpc) is 3.03. The van der Waals surface area contributed by atoms with Gasteiger partial charge in [0.1, 0.15) is 5.69 Å². The van der Waals surface area contributed by atoms with Crippen LogP contribution in [0.3, 0.4) is 0 Å². The molecule has 3 aromatic rings. The normalized spacial score (nSPS) is 15.5. The summed E-state index contributed by atoms with van der Waals surface area (Å²) in [5, 5.41) is 23.9. The molecule has 1 fully saturated rings. The molecule has 0 aliphatic carbocycles. The first-order valence-corrected chi connectivity index (χ1v) is 9.03. The number of hydrogen-bond donors (Lipinski definition) is 2. The van der Waals surface area contributed by atoms with Gasteiger partial charge in [0.25, 0.3) is 0 Å². The number of aromatic nitrogens is 3. The highest BCUT2D eigenvalue weighted by molar-refractivity contribution is 5.77. The van der Waals surface area contributed by atoms with Gasteiger partial charge in [-0.15, -0.1) is 0 Å². The number of aliphatic hydroxyl groups excluding tert-OH is 1. The average molecular weight is 408 g/mol. The highest BCUT2D eigenvalue weighted by Crippen LogP contribution is 2.38. The number of nitrogens with zero attached hydrogens (tertiary/aromatic N) is 4. The Labute approximate surface area is 164 Å². The van der Waals surface area contributed by atoms with Crippen LogP contribution >= 0.6 is 0 Å². The molecule has 0 radical (unpaired) electrons. The zero-order valence-electron chi connectivity index (χ0n) is 15.5. The number of alkyl halides is 3. The number of hydrogen-bond acceptors (Lipinski definition) is 6.